The van der Waals surface area contributed by atoms with Crippen molar-refractivity contribution in [1.82, 2.24) is 0 Å². The van der Waals surface area contributed by atoms with Crippen molar-refractivity contribution >= 4 is 15.0 Å². The molecule has 1 aromatic rings. The summed E-state index contributed by atoms with van der Waals surface area (Å²) < 4.78 is 15.9. The number of phenols is 1. The number of aromatic hydroxyl groups is 1. The zero-order valence-electron chi connectivity index (χ0n) is 15.7. The Labute approximate surface area is 146 Å². The summed E-state index contributed by atoms with van der Waals surface area (Å²) in [7, 11) is 2.01. The molecule has 1 N–H and O–H groups in total. The van der Waals surface area contributed by atoms with Crippen molar-refractivity contribution in [1.29, 1.82) is 0 Å². The molecule has 0 aliphatic heterocycles. The second kappa shape index (κ2) is 8.53. The summed E-state index contributed by atoms with van der Waals surface area (Å²) in [6.07, 6.45) is 0.450. The van der Waals surface area contributed by atoms with E-state index in [1.54, 1.807) is 6.07 Å². The normalized spacial score (nSPS) is 13.0. The zero-order valence-corrected chi connectivity index (χ0v) is 16.7. The summed E-state index contributed by atoms with van der Waals surface area (Å²) in [6.45, 7) is 10.6. The minimum Gasteiger partial charge on any atom is -0.504 e. The smallest absolute Gasteiger partial charge is 0.311 e. The first-order chi connectivity index (χ1) is 11.1. The van der Waals surface area contributed by atoms with Gasteiger partial charge in [0.2, 0.25) is 9.04 Å². The predicted molar refractivity (Wildman–Crippen MR) is 96.0 cm³/mol. The molecular formula is C18H29O5Si. The first kappa shape index (κ1) is 20.5. The molecule has 1 unspecified atom stereocenters. The topological polar surface area (TPSA) is 65.0 Å². The number of hydrogen-bond acceptors (Lipinski definition) is 5. The van der Waals surface area contributed by atoms with Gasteiger partial charge in [-0.3, -0.25) is 4.79 Å². The van der Waals surface area contributed by atoms with Crippen molar-refractivity contribution in [3.05, 3.63) is 23.3 Å². The molecule has 6 heteroatoms. The number of esters is 1. The van der Waals surface area contributed by atoms with E-state index < -0.39 is 15.0 Å². The highest BCUT2D eigenvalue weighted by Crippen LogP contribution is 2.36. The largest absolute Gasteiger partial charge is 0.504 e. The predicted octanol–water partition coefficient (Wildman–Crippen LogP) is 3.30. The van der Waals surface area contributed by atoms with E-state index in [2.05, 4.69) is 20.8 Å². The summed E-state index contributed by atoms with van der Waals surface area (Å²) in [5, 5.41) is 10.1. The van der Waals surface area contributed by atoms with Crippen molar-refractivity contribution in [3.8, 4) is 11.5 Å². The van der Waals surface area contributed by atoms with E-state index in [0.717, 1.165) is 11.1 Å². The number of carbonyl (C=O) groups excluding carboxylic acids is 1. The van der Waals surface area contributed by atoms with Crippen LogP contribution in [0.1, 0.15) is 31.9 Å². The Morgan fingerprint density at radius 3 is 2.33 bits per heavy atom. The van der Waals surface area contributed by atoms with Crippen molar-refractivity contribution in [2.75, 3.05) is 20.8 Å². The molecule has 0 aliphatic carbocycles. The van der Waals surface area contributed by atoms with Gasteiger partial charge in [0.1, 0.15) is 0 Å². The second-order valence-electron chi connectivity index (χ2n) is 7.07. The second-order valence-corrected chi connectivity index (χ2v) is 9.18. The highest BCUT2D eigenvalue weighted by molar-refractivity contribution is 6.48. The fraction of sp³-hybridized carbons (Fsp3) is 0.611. The Balaban J connectivity index is 3.21. The van der Waals surface area contributed by atoms with E-state index in [1.807, 2.05) is 19.2 Å². The van der Waals surface area contributed by atoms with Crippen LogP contribution in [0.15, 0.2) is 12.1 Å². The van der Waals surface area contributed by atoms with E-state index in [9.17, 15) is 9.90 Å². The number of ether oxygens (including phenoxy) is 2. The Bertz CT molecular complexity index is 563. The maximum atomic E-state index is 12.1. The van der Waals surface area contributed by atoms with Gasteiger partial charge in [0, 0.05) is 6.61 Å². The molecule has 24 heavy (non-hydrogen) atoms. The third-order valence-corrected chi connectivity index (χ3v) is 4.53. The number of methoxy groups -OCH3 is 2. The van der Waals surface area contributed by atoms with Crippen LogP contribution in [0.25, 0.3) is 0 Å². The fourth-order valence-electron chi connectivity index (χ4n) is 2.55. The molecule has 0 amide bonds. The lowest BCUT2D eigenvalue weighted by atomic mass is 9.81. The first-order valence-electron chi connectivity index (χ1n) is 8.01. The Morgan fingerprint density at radius 1 is 1.25 bits per heavy atom. The van der Waals surface area contributed by atoms with Gasteiger partial charge in [-0.2, -0.15) is 0 Å². The van der Waals surface area contributed by atoms with Gasteiger partial charge in [0.05, 0.1) is 20.1 Å². The molecule has 0 aromatic heterocycles. The summed E-state index contributed by atoms with van der Waals surface area (Å²) in [5.74, 6) is -0.194. The molecule has 0 fully saturated rings. The van der Waals surface area contributed by atoms with Crippen LogP contribution in [-0.2, 0) is 25.8 Å². The van der Waals surface area contributed by atoms with Crippen LogP contribution in [-0.4, -0.2) is 40.9 Å². The van der Waals surface area contributed by atoms with Crippen LogP contribution < -0.4 is 4.74 Å². The standard InChI is InChI=1S/C18H29O5Si/c1-18(2,3)14-10-16(21-4)15(19)9-12(14)8-13(17(20)22-5)11-23-24(6)7/h9-10,13,19H,8,11H2,1-7H3. The fourth-order valence-corrected chi connectivity index (χ4v) is 3.09. The molecule has 0 spiro atoms. The molecule has 1 radical (unpaired) electrons. The molecule has 1 atom stereocenters. The van der Waals surface area contributed by atoms with Crippen LogP contribution in [0.3, 0.4) is 0 Å². The molecule has 0 saturated heterocycles. The molecule has 0 heterocycles. The van der Waals surface area contributed by atoms with Gasteiger partial charge >= 0.3 is 5.97 Å². The highest BCUT2D eigenvalue weighted by Gasteiger charge is 2.26. The van der Waals surface area contributed by atoms with E-state index in [1.165, 1.54) is 14.2 Å². The molecule has 0 aliphatic rings. The Hall–Kier alpha value is -1.53. The first-order valence-corrected chi connectivity index (χ1v) is 10.4. The third-order valence-electron chi connectivity index (χ3n) is 3.79. The maximum Gasteiger partial charge on any atom is 0.311 e. The highest BCUT2D eigenvalue weighted by atomic mass is 28.3. The quantitative estimate of drug-likeness (QED) is 0.602. The van der Waals surface area contributed by atoms with Gasteiger partial charge in [-0.25, -0.2) is 0 Å². The maximum absolute atomic E-state index is 12.1. The van der Waals surface area contributed by atoms with Gasteiger partial charge in [-0.1, -0.05) is 20.8 Å². The lowest BCUT2D eigenvalue weighted by Crippen LogP contribution is -2.27. The molecule has 5 nitrogen and oxygen atoms in total. The summed E-state index contributed by atoms with van der Waals surface area (Å²) >= 11 is 0. The van der Waals surface area contributed by atoms with Crippen LogP contribution in [0, 0.1) is 5.92 Å². The van der Waals surface area contributed by atoms with Crippen LogP contribution >= 0.6 is 0 Å². The van der Waals surface area contributed by atoms with Gasteiger partial charge in [0.15, 0.2) is 11.5 Å². The minimum atomic E-state index is -0.896. The van der Waals surface area contributed by atoms with E-state index in [-0.39, 0.29) is 17.1 Å². The van der Waals surface area contributed by atoms with Crippen LogP contribution in [0.2, 0.25) is 13.1 Å². The lowest BCUT2D eigenvalue weighted by Gasteiger charge is -2.26. The van der Waals surface area contributed by atoms with Crippen molar-refractivity contribution in [3.63, 3.8) is 0 Å². The van der Waals surface area contributed by atoms with E-state index in [4.69, 9.17) is 13.9 Å². The number of benzene rings is 1. The van der Waals surface area contributed by atoms with Gasteiger partial charge in [-0.05, 0) is 48.2 Å². The monoisotopic (exact) mass is 353 g/mol. The number of carbonyl (C=O) groups is 1. The SMILES string of the molecule is COC(=O)C(CO[Si](C)C)Cc1cc(O)c(OC)cc1C(C)(C)C. The van der Waals surface area contributed by atoms with Gasteiger partial charge < -0.3 is 19.0 Å². The van der Waals surface area contributed by atoms with E-state index >= 15 is 0 Å². The average molecular weight is 354 g/mol. The number of rotatable bonds is 7. The van der Waals surface area contributed by atoms with E-state index in [0.29, 0.717) is 18.8 Å². The van der Waals surface area contributed by atoms with Crippen molar-refractivity contribution in [2.24, 2.45) is 5.92 Å². The Kier molecular flexibility index (Phi) is 7.29. The lowest BCUT2D eigenvalue weighted by molar-refractivity contribution is -0.146. The molecule has 135 valence electrons. The minimum absolute atomic E-state index is 0.0702. The van der Waals surface area contributed by atoms with Gasteiger partial charge in [-0.15, -0.1) is 0 Å². The van der Waals surface area contributed by atoms with Crippen molar-refractivity contribution < 1.29 is 23.8 Å². The Morgan fingerprint density at radius 2 is 1.88 bits per heavy atom. The van der Waals surface area contributed by atoms with Gasteiger partial charge in [0.25, 0.3) is 0 Å². The van der Waals surface area contributed by atoms with Crippen molar-refractivity contribution in [2.45, 2.75) is 45.7 Å². The summed E-state index contributed by atoms with van der Waals surface area (Å²) in [4.78, 5) is 12.1. The van der Waals surface area contributed by atoms with Crippen LogP contribution in [0.4, 0.5) is 0 Å². The number of phenolic OH excluding ortho intramolecular Hbond substituents is 1. The molecule has 1 aromatic carbocycles. The molecular weight excluding hydrogens is 324 g/mol. The summed E-state index contributed by atoms with van der Waals surface area (Å²) in [5.41, 5.74) is 1.79. The molecule has 0 bridgehead atoms. The van der Waals surface area contributed by atoms with Crippen LogP contribution in [0.5, 0.6) is 11.5 Å². The number of hydrogen-bond donors (Lipinski definition) is 1. The molecule has 0 saturated carbocycles. The average Bonchev–Trinajstić information content (AvgIpc) is 2.49. The zero-order chi connectivity index (χ0) is 18.5. The molecule has 1 rings (SSSR count). The third kappa shape index (κ3) is 5.53. The summed E-state index contributed by atoms with van der Waals surface area (Å²) in [6, 6.07) is 3.52.